The van der Waals surface area contributed by atoms with Gasteiger partial charge in [0.15, 0.2) is 0 Å². The summed E-state index contributed by atoms with van der Waals surface area (Å²) in [4.78, 5) is 30.3. The third kappa shape index (κ3) is 4.23. The summed E-state index contributed by atoms with van der Waals surface area (Å²) in [6.07, 6.45) is 3.12. The number of amides is 1. The molecule has 150 valence electrons. The fraction of sp³-hybridized carbons (Fsp3) is 0.450. The van der Waals surface area contributed by atoms with Crippen molar-refractivity contribution >= 4 is 22.6 Å². The zero-order valence-electron chi connectivity index (χ0n) is 16.3. The number of methoxy groups -OCH3 is 1. The number of carbonyl (C=O) groups excluding carboxylic acids is 1. The molecule has 1 N–H and O–H groups in total. The van der Waals surface area contributed by atoms with Crippen molar-refractivity contribution in [3.8, 4) is 0 Å². The van der Waals surface area contributed by atoms with Crippen LogP contribution in [0.15, 0.2) is 35.3 Å². The van der Waals surface area contributed by atoms with Crippen LogP contribution >= 0.6 is 0 Å². The first-order valence-electron chi connectivity index (χ1n) is 9.53. The number of aromatic nitrogens is 3. The molecule has 8 heteroatoms. The van der Waals surface area contributed by atoms with E-state index in [1.807, 2.05) is 13.0 Å². The van der Waals surface area contributed by atoms with E-state index in [1.54, 1.807) is 36.1 Å². The van der Waals surface area contributed by atoms with E-state index in [-0.39, 0.29) is 11.5 Å². The van der Waals surface area contributed by atoms with Crippen molar-refractivity contribution in [2.45, 2.75) is 26.3 Å². The molecule has 0 atom stereocenters. The number of rotatable bonds is 10. The lowest BCUT2D eigenvalue weighted by atomic mass is 10.3. The Kier molecular flexibility index (Phi) is 6.78. The van der Waals surface area contributed by atoms with Crippen LogP contribution in [-0.4, -0.2) is 53.3 Å². The predicted octanol–water partition coefficient (Wildman–Crippen LogP) is 1.84. The van der Waals surface area contributed by atoms with Crippen LogP contribution < -0.4 is 10.9 Å². The Morgan fingerprint density at radius 3 is 2.89 bits per heavy atom. The maximum atomic E-state index is 12.9. The summed E-state index contributed by atoms with van der Waals surface area (Å²) >= 11 is 0. The van der Waals surface area contributed by atoms with Gasteiger partial charge in [-0.3, -0.25) is 14.0 Å². The molecule has 0 spiro atoms. The minimum absolute atomic E-state index is 0.184. The fourth-order valence-corrected chi connectivity index (χ4v) is 3.14. The second-order valence-electron chi connectivity index (χ2n) is 6.42. The molecule has 0 saturated carbocycles. The van der Waals surface area contributed by atoms with Crippen LogP contribution in [0.1, 0.15) is 30.3 Å². The molecule has 0 aliphatic heterocycles. The number of fused-ring (bicyclic) bond motifs is 2. The fourth-order valence-electron chi connectivity index (χ4n) is 3.14. The lowest BCUT2D eigenvalue weighted by molar-refractivity contribution is 0.0934. The third-order valence-corrected chi connectivity index (χ3v) is 4.49. The minimum atomic E-state index is -0.222. The highest BCUT2D eigenvalue weighted by molar-refractivity contribution is 5.98. The zero-order valence-corrected chi connectivity index (χ0v) is 16.3. The van der Waals surface area contributed by atoms with E-state index in [0.29, 0.717) is 61.7 Å². The van der Waals surface area contributed by atoms with Crippen LogP contribution in [0.4, 0.5) is 0 Å². The number of nitrogens with one attached hydrogen (secondary N) is 1. The van der Waals surface area contributed by atoms with E-state index in [4.69, 9.17) is 9.47 Å². The molecule has 0 unspecified atom stereocenters. The second kappa shape index (κ2) is 9.48. The number of hydrogen-bond donors (Lipinski definition) is 1. The molecule has 8 nitrogen and oxygen atoms in total. The Morgan fingerprint density at radius 2 is 2.11 bits per heavy atom. The number of nitrogens with zero attached hydrogens (tertiary/aromatic N) is 3. The average molecular weight is 386 g/mol. The highest BCUT2D eigenvalue weighted by Gasteiger charge is 2.19. The molecule has 0 aromatic carbocycles. The van der Waals surface area contributed by atoms with E-state index >= 15 is 0 Å². The standard InChI is InChI=1S/C20H26N4O4/c1-3-28-13-6-9-21-19(25)16-14-15-18(23(16)11-7-12-27-2)22-17-8-4-5-10-24(17)20(15)26/h4-5,8,10,14H,3,6-7,9,11-13H2,1-2H3,(H,21,25). The highest BCUT2D eigenvalue weighted by Crippen LogP contribution is 2.17. The van der Waals surface area contributed by atoms with Gasteiger partial charge in [-0.2, -0.15) is 0 Å². The van der Waals surface area contributed by atoms with Crippen LogP contribution in [0.2, 0.25) is 0 Å². The predicted molar refractivity (Wildman–Crippen MR) is 107 cm³/mol. The van der Waals surface area contributed by atoms with Crippen LogP contribution in [0, 0.1) is 0 Å². The third-order valence-electron chi connectivity index (χ3n) is 4.49. The SMILES string of the molecule is CCOCCCNC(=O)c1cc2c(=O)n3ccccc3nc2n1CCCOC. The van der Waals surface area contributed by atoms with Gasteiger partial charge in [0.25, 0.3) is 11.5 Å². The van der Waals surface area contributed by atoms with Crippen molar-refractivity contribution in [2.24, 2.45) is 0 Å². The van der Waals surface area contributed by atoms with E-state index in [9.17, 15) is 9.59 Å². The lowest BCUT2D eigenvalue weighted by Gasteiger charge is -2.11. The Balaban J connectivity index is 1.96. The van der Waals surface area contributed by atoms with E-state index < -0.39 is 0 Å². The van der Waals surface area contributed by atoms with Gasteiger partial charge in [0.05, 0.1) is 5.39 Å². The molecule has 0 bridgehead atoms. The van der Waals surface area contributed by atoms with Gasteiger partial charge in [0.2, 0.25) is 0 Å². The average Bonchev–Trinajstić information content (AvgIpc) is 3.07. The minimum Gasteiger partial charge on any atom is -0.385 e. The van der Waals surface area contributed by atoms with Gasteiger partial charge in [0, 0.05) is 46.2 Å². The van der Waals surface area contributed by atoms with E-state index in [2.05, 4.69) is 10.3 Å². The largest absolute Gasteiger partial charge is 0.385 e. The number of aryl methyl sites for hydroxylation is 1. The molecule has 0 fully saturated rings. The maximum absolute atomic E-state index is 12.9. The Labute approximate surface area is 163 Å². The second-order valence-corrected chi connectivity index (χ2v) is 6.42. The normalized spacial score (nSPS) is 11.4. The first kappa shape index (κ1) is 20.0. The quantitative estimate of drug-likeness (QED) is 0.537. The van der Waals surface area contributed by atoms with Crippen LogP contribution in [0.3, 0.4) is 0 Å². The first-order chi connectivity index (χ1) is 13.7. The molecular weight excluding hydrogens is 360 g/mol. The summed E-state index contributed by atoms with van der Waals surface area (Å²) < 4.78 is 13.7. The van der Waals surface area contributed by atoms with Gasteiger partial charge in [0.1, 0.15) is 17.0 Å². The molecule has 1 amide bonds. The molecule has 3 heterocycles. The number of ether oxygens (including phenoxy) is 2. The highest BCUT2D eigenvalue weighted by atomic mass is 16.5. The maximum Gasteiger partial charge on any atom is 0.267 e. The van der Waals surface area contributed by atoms with Gasteiger partial charge in [-0.15, -0.1) is 0 Å². The van der Waals surface area contributed by atoms with Crippen LogP contribution in [0.5, 0.6) is 0 Å². The van der Waals surface area contributed by atoms with E-state index in [1.165, 1.54) is 4.40 Å². The molecule has 0 aliphatic carbocycles. The molecule has 28 heavy (non-hydrogen) atoms. The monoisotopic (exact) mass is 386 g/mol. The summed E-state index contributed by atoms with van der Waals surface area (Å²) in [5, 5.41) is 3.33. The molecule has 0 aliphatic rings. The van der Waals surface area contributed by atoms with Crippen LogP contribution in [-0.2, 0) is 16.0 Å². The summed E-state index contributed by atoms with van der Waals surface area (Å²) in [7, 11) is 1.64. The Hall–Kier alpha value is -2.71. The van der Waals surface area contributed by atoms with Crippen molar-refractivity contribution in [1.29, 1.82) is 0 Å². The Bertz CT molecular complexity index is 1010. The van der Waals surface area contributed by atoms with Crippen molar-refractivity contribution in [3.63, 3.8) is 0 Å². The topological polar surface area (TPSA) is 86.9 Å². The molecule has 3 aromatic rings. The number of carbonyl (C=O) groups is 1. The molecular formula is C20H26N4O4. The van der Waals surface area contributed by atoms with Gasteiger partial charge in [-0.1, -0.05) is 6.07 Å². The van der Waals surface area contributed by atoms with Crippen molar-refractivity contribution < 1.29 is 14.3 Å². The Morgan fingerprint density at radius 1 is 1.25 bits per heavy atom. The van der Waals surface area contributed by atoms with Crippen molar-refractivity contribution in [1.82, 2.24) is 19.3 Å². The van der Waals surface area contributed by atoms with Crippen molar-refractivity contribution in [3.05, 3.63) is 46.5 Å². The summed E-state index contributed by atoms with van der Waals surface area (Å²) in [5.41, 5.74) is 1.32. The van der Waals surface area contributed by atoms with Gasteiger partial charge < -0.3 is 19.4 Å². The molecule has 0 saturated heterocycles. The summed E-state index contributed by atoms with van der Waals surface area (Å²) in [6, 6.07) is 7.02. The van der Waals surface area contributed by atoms with Gasteiger partial charge in [-0.25, -0.2) is 4.98 Å². The first-order valence-corrected chi connectivity index (χ1v) is 9.53. The van der Waals surface area contributed by atoms with Crippen LogP contribution in [0.25, 0.3) is 16.7 Å². The number of pyridine rings is 1. The summed E-state index contributed by atoms with van der Waals surface area (Å²) in [5.74, 6) is -0.222. The van der Waals surface area contributed by atoms with Crippen molar-refractivity contribution in [2.75, 3.05) is 33.5 Å². The molecule has 0 radical (unpaired) electrons. The van der Waals surface area contributed by atoms with Gasteiger partial charge >= 0.3 is 0 Å². The summed E-state index contributed by atoms with van der Waals surface area (Å²) in [6.45, 7) is 4.79. The smallest absolute Gasteiger partial charge is 0.267 e. The van der Waals surface area contributed by atoms with E-state index in [0.717, 1.165) is 6.42 Å². The molecule has 3 aromatic heterocycles. The number of hydrogen-bond acceptors (Lipinski definition) is 5. The zero-order chi connectivity index (χ0) is 19.9. The lowest BCUT2D eigenvalue weighted by Crippen LogP contribution is -2.27. The van der Waals surface area contributed by atoms with Gasteiger partial charge in [-0.05, 0) is 38.0 Å². The molecule has 3 rings (SSSR count).